The van der Waals surface area contributed by atoms with Gasteiger partial charge in [0.2, 0.25) is 10.0 Å². The molecule has 1 rings (SSSR count). The average molecular weight is 247 g/mol. The van der Waals surface area contributed by atoms with Crippen LogP contribution in [0.1, 0.15) is 6.92 Å². The predicted molar refractivity (Wildman–Crippen MR) is 56.4 cm³/mol. The fourth-order valence-electron chi connectivity index (χ4n) is 1.03. The van der Waals surface area contributed by atoms with Gasteiger partial charge in [-0.1, -0.05) is 18.2 Å². The third-order valence-corrected chi connectivity index (χ3v) is 3.20. The number of sulfonamides is 1. The number of hydrogen-bond acceptors (Lipinski definition) is 2. The van der Waals surface area contributed by atoms with Crippen molar-refractivity contribution in [2.45, 2.75) is 11.8 Å². The van der Waals surface area contributed by atoms with E-state index >= 15 is 0 Å². The maximum absolute atomic E-state index is 13.2. The maximum Gasteiger partial charge on any atom is 0.246 e. The van der Waals surface area contributed by atoms with Crippen LogP contribution in [0.3, 0.4) is 0 Å². The van der Waals surface area contributed by atoms with Crippen LogP contribution >= 0.6 is 0 Å². The minimum atomic E-state index is -4.18. The largest absolute Gasteiger partial charge is 0.246 e. The Morgan fingerprint density at radius 1 is 1.38 bits per heavy atom. The molecule has 1 aromatic carbocycles. The van der Waals surface area contributed by atoms with Crippen LogP contribution in [0.15, 0.2) is 35.2 Å². The Balaban J connectivity index is 3.12. The summed E-state index contributed by atoms with van der Waals surface area (Å²) in [6.45, 7) is 5.02. The highest BCUT2D eigenvalue weighted by Gasteiger charge is 2.22. The van der Waals surface area contributed by atoms with Crippen molar-refractivity contribution in [3.05, 3.63) is 42.0 Å². The van der Waals surface area contributed by atoms with Crippen LogP contribution in [0.4, 0.5) is 8.78 Å². The highest BCUT2D eigenvalue weighted by Crippen LogP contribution is 2.17. The topological polar surface area (TPSA) is 46.2 Å². The molecule has 0 heterocycles. The Hall–Kier alpha value is -1.27. The molecule has 0 bridgehead atoms. The zero-order chi connectivity index (χ0) is 12.3. The van der Waals surface area contributed by atoms with E-state index in [1.165, 1.54) is 0 Å². The number of rotatable bonds is 4. The maximum atomic E-state index is 13.2. The van der Waals surface area contributed by atoms with Crippen molar-refractivity contribution in [3.63, 3.8) is 0 Å². The summed E-state index contributed by atoms with van der Waals surface area (Å²) in [7, 11) is -4.18. The summed E-state index contributed by atoms with van der Waals surface area (Å²) >= 11 is 0. The normalized spacial score (nSPS) is 11.4. The monoisotopic (exact) mass is 247 g/mol. The van der Waals surface area contributed by atoms with E-state index in [1.807, 2.05) is 4.72 Å². The zero-order valence-corrected chi connectivity index (χ0v) is 9.44. The Kier molecular flexibility index (Phi) is 3.77. The van der Waals surface area contributed by atoms with E-state index in [0.717, 1.165) is 18.2 Å². The molecule has 88 valence electrons. The molecule has 0 amide bonds. The first-order chi connectivity index (χ1) is 7.34. The van der Waals surface area contributed by atoms with Gasteiger partial charge in [-0.2, -0.15) is 0 Å². The van der Waals surface area contributed by atoms with E-state index in [1.54, 1.807) is 6.92 Å². The van der Waals surface area contributed by atoms with Gasteiger partial charge in [0.1, 0.15) is 11.6 Å². The van der Waals surface area contributed by atoms with Crippen molar-refractivity contribution < 1.29 is 17.2 Å². The molecule has 0 spiro atoms. The number of benzene rings is 1. The first kappa shape index (κ1) is 12.8. The third kappa shape index (κ3) is 2.86. The van der Waals surface area contributed by atoms with Crippen LogP contribution in [-0.4, -0.2) is 15.0 Å². The van der Waals surface area contributed by atoms with Crippen LogP contribution in [0, 0.1) is 11.6 Å². The summed E-state index contributed by atoms with van der Waals surface area (Å²) in [4.78, 5) is -0.962. The number of hydrogen-bond donors (Lipinski definition) is 1. The highest BCUT2D eigenvalue weighted by molar-refractivity contribution is 7.89. The van der Waals surface area contributed by atoms with E-state index < -0.39 is 26.6 Å². The molecule has 0 aliphatic carbocycles. The molecule has 1 aromatic rings. The summed E-state index contributed by atoms with van der Waals surface area (Å²) in [5.41, 5.74) is 0.542. The fourth-order valence-corrected chi connectivity index (χ4v) is 2.26. The molecule has 0 aromatic heterocycles. The van der Waals surface area contributed by atoms with E-state index in [0.29, 0.717) is 5.57 Å². The van der Waals surface area contributed by atoms with E-state index in [2.05, 4.69) is 6.58 Å². The van der Waals surface area contributed by atoms with Crippen LogP contribution in [0.25, 0.3) is 0 Å². The molecule has 0 radical (unpaired) electrons. The fraction of sp³-hybridized carbons (Fsp3) is 0.200. The molecule has 3 nitrogen and oxygen atoms in total. The van der Waals surface area contributed by atoms with Gasteiger partial charge in [0.25, 0.3) is 0 Å². The standard InChI is InChI=1S/C10H11F2NO2S/c1-7(2)6-13-16(14,15)10-8(11)4-3-5-9(10)12/h3-5,13H,1,6H2,2H3. The van der Waals surface area contributed by atoms with Gasteiger partial charge in [-0.15, -0.1) is 0 Å². The van der Waals surface area contributed by atoms with Gasteiger partial charge >= 0.3 is 0 Å². The van der Waals surface area contributed by atoms with Crippen molar-refractivity contribution >= 4 is 10.0 Å². The second kappa shape index (κ2) is 4.71. The molecule has 0 atom stereocenters. The SMILES string of the molecule is C=C(C)CNS(=O)(=O)c1c(F)cccc1F. The minimum absolute atomic E-state index is 0.0594. The second-order valence-electron chi connectivity index (χ2n) is 3.33. The molecular weight excluding hydrogens is 236 g/mol. The van der Waals surface area contributed by atoms with Gasteiger partial charge in [-0.05, 0) is 19.1 Å². The molecular formula is C10H11F2NO2S. The summed E-state index contributed by atoms with van der Waals surface area (Å²) in [6, 6.07) is 2.87. The molecule has 0 fully saturated rings. The molecule has 16 heavy (non-hydrogen) atoms. The van der Waals surface area contributed by atoms with Crippen LogP contribution in [-0.2, 0) is 10.0 Å². The summed E-state index contributed by atoms with van der Waals surface area (Å²) < 4.78 is 51.5. The molecule has 6 heteroatoms. The molecule has 1 N–H and O–H groups in total. The quantitative estimate of drug-likeness (QED) is 0.825. The second-order valence-corrected chi connectivity index (χ2v) is 5.04. The van der Waals surface area contributed by atoms with Crippen LogP contribution < -0.4 is 4.72 Å². The number of nitrogens with one attached hydrogen (secondary N) is 1. The van der Waals surface area contributed by atoms with Gasteiger partial charge < -0.3 is 0 Å². The van der Waals surface area contributed by atoms with E-state index in [9.17, 15) is 17.2 Å². The first-order valence-corrected chi connectivity index (χ1v) is 5.91. The Bertz CT molecular complexity index is 491. The van der Waals surface area contributed by atoms with Gasteiger partial charge in [-0.3, -0.25) is 0 Å². The molecule has 0 unspecified atom stereocenters. The van der Waals surface area contributed by atoms with E-state index in [-0.39, 0.29) is 6.54 Å². The molecule has 0 aliphatic rings. The Labute approximate surface area is 92.8 Å². The average Bonchev–Trinajstić information content (AvgIpc) is 2.14. The van der Waals surface area contributed by atoms with Crippen molar-refractivity contribution in [1.82, 2.24) is 4.72 Å². The molecule has 0 aliphatic heterocycles. The lowest BCUT2D eigenvalue weighted by atomic mass is 10.3. The minimum Gasteiger partial charge on any atom is -0.207 e. The lowest BCUT2D eigenvalue weighted by Crippen LogP contribution is -2.27. The lowest BCUT2D eigenvalue weighted by molar-refractivity contribution is 0.515. The first-order valence-electron chi connectivity index (χ1n) is 4.42. The summed E-state index contributed by atoms with van der Waals surface area (Å²) in [6.07, 6.45) is 0. The summed E-state index contributed by atoms with van der Waals surface area (Å²) in [5, 5.41) is 0. The highest BCUT2D eigenvalue weighted by atomic mass is 32.2. The Morgan fingerprint density at radius 2 is 1.88 bits per heavy atom. The van der Waals surface area contributed by atoms with Crippen LogP contribution in [0.5, 0.6) is 0 Å². The third-order valence-electron chi connectivity index (χ3n) is 1.75. The smallest absolute Gasteiger partial charge is 0.207 e. The Morgan fingerprint density at radius 3 is 2.31 bits per heavy atom. The predicted octanol–water partition coefficient (Wildman–Crippen LogP) is 1.82. The van der Waals surface area contributed by atoms with Crippen molar-refractivity contribution in [1.29, 1.82) is 0 Å². The van der Waals surface area contributed by atoms with Gasteiger partial charge in [0.15, 0.2) is 4.90 Å². The summed E-state index contributed by atoms with van der Waals surface area (Å²) in [5.74, 6) is -2.23. The van der Waals surface area contributed by atoms with Crippen molar-refractivity contribution in [2.24, 2.45) is 0 Å². The molecule has 0 saturated carbocycles. The van der Waals surface area contributed by atoms with Crippen molar-refractivity contribution in [2.75, 3.05) is 6.54 Å². The molecule has 0 saturated heterocycles. The van der Waals surface area contributed by atoms with Crippen molar-refractivity contribution in [3.8, 4) is 0 Å². The number of halogens is 2. The lowest BCUT2D eigenvalue weighted by Gasteiger charge is -2.08. The zero-order valence-electron chi connectivity index (χ0n) is 8.63. The van der Waals surface area contributed by atoms with Gasteiger partial charge in [0.05, 0.1) is 0 Å². The van der Waals surface area contributed by atoms with Gasteiger partial charge in [-0.25, -0.2) is 21.9 Å². The van der Waals surface area contributed by atoms with E-state index in [4.69, 9.17) is 0 Å². The van der Waals surface area contributed by atoms with Gasteiger partial charge in [0, 0.05) is 6.54 Å². The van der Waals surface area contributed by atoms with Crippen LogP contribution in [0.2, 0.25) is 0 Å².